The lowest BCUT2D eigenvalue weighted by Gasteiger charge is -2.14. The standard InChI is InChI=1S/C22H29NO5/c1-4-27-20-9-7-16(14-21(20)28-5-2)10-11-23-22(26)15(3)12-17-6-8-18(24)19(25)13-17/h6-9,13-15,24-25H,4-5,10-12H2,1-3H3,(H,23,26). The second kappa shape index (κ2) is 10.4. The Kier molecular flexibility index (Phi) is 7.99. The highest BCUT2D eigenvalue weighted by atomic mass is 16.5. The van der Waals surface area contributed by atoms with Gasteiger partial charge in [-0.05, 0) is 62.1 Å². The first-order chi connectivity index (χ1) is 13.4. The third kappa shape index (κ3) is 6.08. The fraction of sp³-hybridized carbons (Fsp3) is 0.409. The zero-order chi connectivity index (χ0) is 20.5. The van der Waals surface area contributed by atoms with Crippen LogP contribution >= 0.6 is 0 Å². The van der Waals surface area contributed by atoms with E-state index < -0.39 is 0 Å². The van der Waals surface area contributed by atoms with E-state index >= 15 is 0 Å². The Morgan fingerprint density at radius 1 is 0.964 bits per heavy atom. The number of phenols is 2. The molecule has 0 saturated carbocycles. The van der Waals surface area contributed by atoms with E-state index in [1.54, 1.807) is 6.07 Å². The fourth-order valence-electron chi connectivity index (χ4n) is 2.90. The molecule has 28 heavy (non-hydrogen) atoms. The quantitative estimate of drug-likeness (QED) is 0.544. The summed E-state index contributed by atoms with van der Waals surface area (Å²) in [5.74, 6) is 0.803. The normalized spacial score (nSPS) is 11.7. The van der Waals surface area contributed by atoms with Crippen LogP contribution in [0.5, 0.6) is 23.0 Å². The summed E-state index contributed by atoms with van der Waals surface area (Å²) in [4.78, 5) is 12.3. The van der Waals surface area contributed by atoms with E-state index in [0.717, 1.165) is 16.9 Å². The van der Waals surface area contributed by atoms with Gasteiger partial charge in [-0.2, -0.15) is 0 Å². The molecule has 0 radical (unpaired) electrons. The van der Waals surface area contributed by atoms with Crippen LogP contribution < -0.4 is 14.8 Å². The summed E-state index contributed by atoms with van der Waals surface area (Å²) in [5, 5.41) is 21.9. The molecule has 0 aliphatic heterocycles. The lowest BCUT2D eigenvalue weighted by atomic mass is 10.00. The Morgan fingerprint density at radius 2 is 1.64 bits per heavy atom. The van der Waals surface area contributed by atoms with E-state index in [9.17, 15) is 15.0 Å². The van der Waals surface area contributed by atoms with Crippen molar-refractivity contribution in [1.82, 2.24) is 5.32 Å². The van der Waals surface area contributed by atoms with Crippen LogP contribution in [0.3, 0.4) is 0 Å². The van der Waals surface area contributed by atoms with E-state index in [1.165, 1.54) is 12.1 Å². The zero-order valence-corrected chi connectivity index (χ0v) is 16.7. The molecule has 0 spiro atoms. The summed E-state index contributed by atoms with van der Waals surface area (Å²) in [6.07, 6.45) is 1.17. The van der Waals surface area contributed by atoms with Crippen LogP contribution in [0.4, 0.5) is 0 Å². The van der Waals surface area contributed by atoms with Crippen molar-refractivity contribution in [3.05, 3.63) is 47.5 Å². The van der Waals surface area contributed by atoms with Crippen LogP contribution in [0.2, 0.25) is 0 Å². The Labute approximate surface area is 166 Å². The Morgan fingerprint density at radius 3 is 2.32 bits per heavy atom. The molecule has 3 N–H and O–H groups in total. The number of hydrogen-bond donors (Lipinski definition) is 3. The Hall–Kier alpha value is -2.89. The lowest BCUT2D eigenvalue weighted by Crippen LogP contribution is -2.31. The van der Waals surface area contributed by atoms with Crippen LogP contribution in [0.1, 0.15) is 31.9 Å². The number of ether oxygens (including phenoxy) is 2. The van der Waals surface area contributed by atoms with Gasteiger partial charge in [-0.25, -0.2) is 0 Å². The van der Waals surface area contributed by atoms with E-state index in [-0.39, 0.29) is 23.3 Å². The second-order valence-electron chi connectivity index (χ2n) is 6.62. The molecule has 152 valence electrons. The summed E-state index contributed by atoms with van der Waals surface area (Å²) in [5.41, 5.74) is 1.86. The molecule has 0 aliphatic carbocycles. The number of rotatable bonds is 10. The minimum absolute atomic E-state index is 0.0523. The largest absolute Gasteiger partial charge is 0.504 e. The van der Waals surface area contributed by atoms with Gasteiger partial charge in [0, 0.05) is 12.5 Å². The van der Waals surface area contributed by atoms with Crippen molar-refractivity contribution in [2.45, 2.75) is 33.6 Å². The van der Waals surface area contributed by atoms with Gasteiger partial charge in [0.2, 0.25) is 5.91 Å². The van der Waals surface area contributed by atoms with Gasteiger partial charge in [-0.15, -0.1) is 0 Å². The third-order valence-electron chi connectivity index (χ3n) is 4.35. The molecule has 1 atom stereocenters. The summed E-state index contributed by atoms with van der Waals surface area (Å²) >= 11 is 0. The molecule has 0 bridgehead atoms. The van der Waals surface area contributed by atoms with Crippen molar-refractivity contribution in [2.24, 2.45) is 5.92 Å². The topological polar surface area (TPSA) is 88.0 Å². The molecule has 6 heteroatoms. The molecular weight excluding hydrogens is 358 g/mol. The molecule has 1 amide bonds. The van der Waals surface area contributed by atoms with Crippen LogP contribution in [0, 0.1) is 5.92 Å². The molecular formula is C22H29NO5. The van der Waals surface area contributed by atoms with E-state index in [2.05, 4.69) is 5.32 Å². The predicted molar refractivity (Wildman–Crippen MR) is 108 cm³/mol. The second-order valence-corrected chi connectivity index (χ2v) is 6.62. The number of carbonyl (C=O) groups excluding carboxylic acids is 1. The Balaban J connectivity index is 1.86. The lowest BCUT2D eigenvalue weighted by molar-refractivity contribution is -0.124. The number of amides is 1. The molecule has 1 unspecified atom stereocenters. The Bertz CT molecular complexity index is 790. The molecule has 2 rings (SSSR count). The summed E-state index contributed by atoms with van der Waals surface area (Å²) < 4.78 is 11.2. The summed E-state index contributed by atoms with van der Waals surface area (Å²) in [6, 6.07) is 10.4. The summed E-state index contributed by atoms with van der Waals surface area (Å²) in [7, 11) is 0. The molecule has 2 aromatic carbocycles. The minimum atomic E-state index is -0.247. The van der Waals surface area contributed by atoms with Gasteiger partial charge in [-0.1, -0.05) is 19.1 Å². The first-order valence-corrected chi connectivity index (χ1v) is 9.61. The maximum Gasteiger partial charge on any atom is 0.223 e. The van der Waals surface area contributed by atoms with Gasteiger partial charge in [0.05, 0.1) is 13.2 Å². The molecule has 0 aliphatic rings. The monoisotopic (exact) mass is 387 g/mol. The van der Waals surface area contributed by atoms with Crippen LogP contribution in [0.25, 0.3) is 0 Å². The number of carbonyl (C=O) groups is 1. The van der Waals surface area contributed by atoms with Crippen LogP contribution in [-0.4, -0.2) is 35.9 Å². The molecule has 2 aromatic rings. The fourth-order valence-corrected chi connectivity index (χ4v) is 2.90. The van der Waals surface area contributed by atoms with Crippen molar-refractivity contribution < 1.29 is 24.5 Å². The molecule has 6 nitrogen and oxygen atoms in total. The smallest absolute Gasteiger partial charge is 0.223 e. The number of aromatic hydroxyl groups is 2. The number of phenolic OH excluding ortho intramolecular Hbond substituents is 2. The number of nitrogens with one attached hydrogen (secondary N) is 1. The zero-order valence-electron chi connectivity index (χ0n) is 16.7. The number of hydrogen-bond acceptors (Lipinski definition) is 5. The highest BCUT2D eigenvalue weighted by Crippen LogP contribution is 2.29. The molecule has 0 aromatic heterocycles. The van der Waals surface area contributed by atoms with E-state index in [4.69, 9.17) is 9.47 Å². The third-order valence-corrected chi connectivity index (χ3v) is 4.35. The van der Waals surface area contributed by atoms with Gasteiger partial charge in [0.1, 0.15) is 0 Å². The van der Waals surface area contributed by atoms with Crippen molar-refractivity contribution >= 4 is 5.91 Å². The minimum Gasteiger partial charge on any atom is -0.504 e. The molecule has 0 heterocycles. The maximum atomic E-state index is 12.3. The van der Waals surface area contributed by atoms with Gasteiger partial charge >= 0.3 is 0 Å². The van der Waals surface area contributed by atoms with Crippen molar-refractivity contribution in [1.29, 1.82) is 0 Å². The van der Waals surface area contributed by atoms with Gasteiger partial charge in [-0.3, -0.25) is 4.79 Å². The van der Waals surface area contributed by atoms with Crippen LogP contribution in [-0.2, 0) is 17.6 Å². The van der Waals surface area contributed by atoms with Crippen molar-refractivity contribution in [3.8, 4) is 23.0 Å². The van der Waals surface area contributed by atoms with Crippen molar-refractivity contribution in [2.75, 3.05) is 19.8 Å². The van der Waals surface area contributed by atoms with Gasteiger partial charge in [0.15, 0.2) is 23.0 Å². The highest BCUT2D eigenvalue weighted by Gasteiger charge is 2.14. The van der Waals surface area contributed by atoms with E-state index in [0.29, 0.717) is 38.3 Å². The first-order valence-electron chi connectivity index (χ1n) is 9.61. The number of benzene rings is 2. The predicted octanol–water partition coefficient (Wildman–Crippen LogP) is 3.43. The van der Waals surface area contributed by atoms with E-state index in [1.807, 2.05) is 39.0 Å². The van der Waals surface area contributed by atoms with Gasteiger partial charge < -0.3 is 25.0 Å². The average molecular weight is 387 g/mol. The van der Waals surface area contributed by atoms with Gasteiger partial charge in [0.25, 0.3) is 0 Å². The highest BCUT2D eigenvalue weighted by molar-refractivity contribution is 5.78. The maximum absolute atomic E-state index is 12.3. The molecule has 0 saturated heterocycles. The SMILES string of the molecule is CCOc1ccc(CCNC(=O)C(C)Cc2ccc(O)c(O)c2)cc1OCC. The first kappa shape index (κ1) is 21.4. The average Bonchev–Trinajstić information content (AvgIpc) is 2.67. The van der Waals surface area contributed by atoms with Crippen LogP contribution in [0.15, 0.2) is 36.4 Å². The summed E-state index contributed by atoms with van der Waals surface area (Å²) in [6.45, 7) is 7.35. The molecule has 0 fully saturated rings. The van der Waals surface area contributed by atoms with Crippen molar-refractivity contribution in [3.63, 3.8) is 0 Å².